The van der Waals surface area contributed by atoms with E-state index in [1.54, 1.807) is 11.3 Å². The third kappa shape index (κ3) is 4.50. The van der Waals surface area contributed by atoms with Crippen molar-refractivity contribution in [3.05, 3.63) is 20.8 Å². The summed E-state index contributed by atoms with van der Waals surface area (Å²) < 4.78 is 1.06. The molecule has 1 atom stereocenters. The number of aliphatic carboxylic acids is 1. The summed E-state index contributed by atoms with van der Waals surface area (Å²) in [5.74, 6) is -0.865. The molecule has 19 heavy (non-hydrogen) atoms. The Balaban J connectivity index is 1.70. The van der Waals surface area contributed by atoms with Gasteiger partial charge in [0, 0.05) is 11.4 Å². The van der Waals surface area contributed by atoms with E-state index >= 15 is 0 Å². The fourth-order valence-electron chi connectivity index (χ4n) is 1.79. The molecular formula is C12H15BrN2O3S. The molecule has 0 aliphatic heterocycles. The quantitative estimate of drug-likeness (QED) is 0.738. The van der Waals surface area contributed by atoms with Gasteiger partial charge in [-0.3, -0.25) is 0 Å². The molecule has 5 nitrogen and oxygen atoms in total. The number of thiophene rings is 1. The largest absolute Gasteiger partial charge is 0.480 e. The van der Waals surface area contributed by atoms with E-state index in [0.717, 1.165) is 23.0 Å². The number of urea groups is 1. The Morgan fingerprint density at radius 2 is 2.21 bits per heavy atom. The molecule has 3 N–H and O–H groups in total. The lowest BCUT2D eigenvalue weighted by Crippen LogP contribution is -2.47. The Morgan fingerprint density at radius 3 is 2.74 bits per heavy atom. The van der Waals surface area contributed by atoms with Crippen LogP contribution >= 0.6 is 27.3 Å². The minimum absolute atomic E-state index is 0.0940. The normalized spacial score (nSPS) is 15.8. The number of hydrogen-bond donors (Lipinski definition) is 3. The van der Waals surface area contributed by atoms with Crippen LogP contribution in [0.1, 0.15) is 17.7 Å². The van der Waals surface area contributed by atoms with Gasteiger partial charge in [0.25, 0.3) is 0 Å². The van der Waals surface area contributed by atoms with E-state index in [-0.39, 0.29) is 5.92 Å². The standard InChI is InChI=1S/C12H15BrN2O3S/c13-9-4-3-8(19-9)5-6-14-12(18)15-10(11(16)17)7-1-2-7/h3-4,7,10H,1-2,5-6H2,(H,16,17)(H2,14,15,18). The van der Waals surface area contributed by atoms with Crippen molar-refractivity contribution in [2.75, 3.05) is 6.54 Å². The predicted molar refractivity (Wildman–Crippen MR) is 76.4 cm³/mol. The molecule has 7 heteroatoms. The number of hydrogen-bond acceptors (Lipinski definition) is 3. The molecule has 1 unspecified atom stereocenters. The summed E-state index contributed by atoms with van der Waals surface area (Å²) in [6, 6.07) is 2.80. The van der Waals surface area contributed by atoms with Gasteiger partial charge in [0.15, 0.2) is 0 Å². The molecule has 0 aromatic carbocycles. The lowest BCUT2D eigenvalue weighted by molar-refractivity contribution is -0.139. The zero-order chi connectivity index (χ0) is 13.8. The van der Waals surface area contributed by atoms with Gasteiger partial charge in [-0.2, -0.15) is 0 Å². The summed E-state index contributed by atoms with van der Waals surface area (Å²) in [6.07, 6.45) is 2.49. The maximum Gasteiger partial charge on any atom is 0.326 e. The summed E-state index contributed by atoms with van der Waals surface area (Å²) in [4.78, 5) is 23.7. The van der Waals surface area contributed by atoms with Crippen LogP contribution in [-0.2, 0) is 11.2 Å². The molecule has 2 rings (SSSR count). The summed E-state index contributed by atoms with van der Waals surface area (Å²) in [6.45, 7) is 0.496. The van der Waals surface area contributed by atoms with Crippen LogP contribution in [0.25, 0.3) is 0 Å². The van der Waals surface area contributed by atoms with E-state index in [0.29, 0.717) is 6.54 Å². The summed E-state index contributed by atoms with van der Waals surface area (Å²) in [7, 11) is 0. The summed E-state index contributed by atoms with van der Waals surface area (Å²) in [5.41, 5.74) is 0. The molecule has 0 radical (unpaired) electrons. The van der Waals surface area contributed by atoms with Gasteiger partial charge in [-0.1, -0.05) is 0 Å². The number of carbonyl (C=O) groups is 2. The van der Waals surface area contributed by atoms with Crippen LogP contribution in [0.15, 0.2) is 15.9 Å². The maximum absolute atomic E-state index is 11.6. The van der Waals surface area contributed by atoms with E-state index < -0.39 is 18.0 Å². The summed E-state index contributed by atoms with van der Waals surface area (Å²) >= 11 is 5.00. The van der Waals surface area contributed by atoms with Gasteiger partial charge in [0.05, 0.1) is 3.79 Å². The Kier molecular flexibility index (Phi) is 4.81. The molecule has 0 saturated heterocycles. The highest BCUT2D eigenvalue weighted by Gasteiger charge is 2.37. The second kappa shape index (κ2) is 6.38. The Morgan fingerprint density at radius 1 is 1.47 bits per heavy atom. The average molecular weight is 347 g/mol. The van der Waals surface area contributed by atoms with Crippen LogP contribution < -0.4 is 10.6 Å². The van der Waals surface area contributed by atoms with Crippen LogP contribution in [0.5, 0.6) is 0 Å². The van der Waals surface area contributed by atoms with Crippen molar-refractivity contribution < 1.29 is 14.7 Å². The predicted octanol–water partition coefficient (Wildman–Crippen LogP) is 2.22. The van der Waals surface area contributed by atoms with Gasteiger partial charge in [0.1, 0.15) is 6.04 Å². The van der Waals surface area contributed by atoms with Crippen molar-refractivity contribution in [3.8, 4) is 0 Å². The molecule has 1 aliphatic carbocycles. The second-order valence-electron chi connectivity index (χ2n) is 4.51. The molecule has 1 aliphatic rings. The van der Waals surface area contributed by atoms with E-state index in [4.69, 9.17) is 5.11 Å². The zero-order valence-electron chi connectivity index (χ0n) is 10.2. The van der Waals surface area contributed by atoms with Crippen LogP contribution in [0.2, 0.25) is 0 Å². The van der Waals surface area contributed by atoms with E-state index in [1.165, 1.54) is 4.88 Å². The van der Waals surface area contributed by atoms with E-state index in [9.17, 15) is 9.59 Å². The van der Waals surface area contributed by atoms with Crippen LogP contribution in [0.3, 0.4) is 0 Å². The highest BCUT2D eigenvalue weighted by atomic mass is 79.9. The molecule has 2 amide bonds. The van der Waals surface area contributed by atoms with Gasteiger partial charge >= 0.3 is 12.0 Å². The molecule has 104 valence electrons. The number of nitrogens with one attached hydrogen (secondary N) is 2. The first-order valence-electron chi connectivity index (χ1n) is 6.07. The van der Waals surface area contributed by atoms with Gasteiger partial charge in [-0.25, -0.2) is 9.59 Å². The molecule has 1 aromatic heterocycles. The van der Waals surface area contributed by atoms with Crippen molar-refractivity contribution in [2.24, 2.45) is 5.92 Å². The monoisotopic (exact) mass is 346 g/mol. The van der Waals surface area contributed by atoms with Crippen molar-refractivity contribution in [2.45, 2.75) is 25.3 Å². The smallest absolute Gasteiger partial charge is 0.326 e. The maximum atomic E-state index is 11.6. The van der Waals surface area contributed by atoms with Gasteiger partial charge in [-0.15, -0.1) is 11.3 Å². The molecule has 1 heterocycles. The van der Waals surface area contributed by atoms with Crippen LogP contribution in [0.4, 0.5) is 4.79 Å². The number of amides is 2. The highest BCUT2D eigenvalue weighted by Crippen LogP contribution is 2.32. The summed E-state index contributed by atoms with van der Waals surface area (Å²) in [5, 5.41) is 14.2. The number of carbonyl (C=O) groups excluding carboxylic acids is 1. The molecule has 0 bridgehead atoms. The molecule has 0 spiro atoms. The van der Waals surface area contributed by atoms with Crippen molar-refractivity contribution >= 4 is 39.3 Å². The number of carboxylic acid groups (broad SMARTS) is 1. The lowest BCUT2D eigenvalue weighted by atomic mass is 10.2. The lowest BCUT2D eigenvalue weighted by Gasteiger charge is -2.14. The van der Waals surface area contributed by atoms with Gasteiger partial charge < -0.3 is 15.7 Å². The van der Waals surface area contributed by atoms with Crippen LogP contribution in [0, 0.1) is 5.92 Å². The highest BCUT2D eigenvalue weighted by molar-refractivity contribution is 9.11. The fraction of sp³-hybridized carbons (Fsp3) is 0.500. The minimum atomic E-state index is -0.958. The van der Waals surface area contributed by atoms with Gasteiger partial charge in [0.2, 0.25) is 0 Å². The molecular weight excluding hydrogens is 332 g/mol. The number of carboxylic acids is 1. The number of halogens is 1. The average Bonchev–Trinajstić information content (AvgIpc) is 3.10. The Labute approximate surface area is 123 Å². The van der Waals surface area contributed by atoms with Crippen LogP contribution in [-0.4, -0.2) is 29.7 Å². The van der Waals surface area contributed by atoms with E-state index in [2.05, 4.69) is 26.6 Å². The van der Waals surface area contributed by atoms with Crippen molar-refractivity contribution in [3.63, 3.8) is 0 Å². The SMILES string of the molecule is O=C(NCCc1ccc(Br)s1)NC(C(=O)O)C1CC1. The second-order valence-corrected chi connectivity index (χ2v) is 7.06. The topological polar surface area (TPSA) is 78.4 Å². The van der Waals surface area contributed by atoms with E-state index in [1.807, 2.05) is 12.1 Å². The first-order chi connectivity index (χ1) is 9.06. The Hall–Kier alpha value is -1.08. The molecule has 1 saturated carbocycles. The Bertz CT molecular complexity index is 473. The van der Waals surface area contributed by atoms with Gasteiger partial charge in [-0.05, 0) is 53.2 Å². The first kappa shape index (κ1) is 14.3. The molecule has 1 fully saturated rings. The third-order valence-electron chi connectivity index (χ3n) is 2.93. The fourth-order valence-corrected chi connectivity index (χ4v) is 3.27. The molecule has 1 aromatic rings. The van der Waals surface area contributed by atoms with Crippen molar-refractivity contribution in [1.82, 2.24) is 10.6 Å². The zero-order valence-corrected chi connectivity index (χ0v) is 12.6. The first-order valence-corrected chi connectivity index (χ1v) is 7.68. The minimum Gasteiger partial charge on any atom is -0.480 e. The van der Waals surface area contributed by atoms with Crippen molar-refractivity contribution in [1.29, 1.82) is 0 Å². The third-order valence-corrected chi connectivity index (χ3v) is 4.62. The number of rotatable bonds is 6.